The first-order valence-corrected chi connectivity index (χ1v) is 10.5. The zero-order valence-corrected chi connectivity index (χ0v) is 19.3. The summed E-state index contributed by atoms with van der Waals surface area (Å²) in [7, 11) is 4.58. The van der Waals surface area contributed by atoms with Crippen molar-refractivity contribution in [1.29, 1.82) is 0 Å². The Morgan fingerprint density at radius 1 is 0.912 bits per heavy atom. The van der Waals surface area contributed by atoms with Crippen LogP contribution in [-0.4, -0.2) is 42.2 Å². The van der Waals surface area contributed by atoms with Gasteiger partial charge in [-0.1, -0.05) is 30.3 Å². The Morgan fingerprint density at radius 3 is 2.32 bits per heavy atom. The van der Waals surface area contributed by atoms with Gasteiger partial charge in [0.25, 0.3) is 0 Å². The summed E-state index contributed by atoms with van der Waals surface area (Å²) in [5, 5.41) is 17.9. The fourth-order valence-corrected chi connectivity index (χ4v) is 3.68. The molecule has 1 heterocycles. The van der Waals surface area contributed by atoms with Gasteiger partial charge in [-0.25, -0.2) is 9.48 Å². The molecule has 0 unspecified atom stereocenters. The van der Waals surface area contributed by atoms with Crippen LogP contribution in [0.2, 0.25) is 0 Å². The first kappa shape index (κ1) is 22.7. The number of nitrogens with zero attached hydrogens (tertiary/aromatic N) is 2. The lowest BCUT2D eigenvalue weighted by molar-refractivity contribution is 0.0697. The van der Waals surface area contributed by atoms with Gasteiger partial charge in [0.15, 0.2) is 11.5 Å². The third kappa shape index (κ3) is 4.38. The van der Waals surface area contributed by atoms with Crippen molar-refractivity contribution in [3.05, 3.63) is 77.9 Å². The van der Waals surface area contributed by atoms with Crippen molar-refractivity contribution in [2.24, 2.45) is 0 Å². The van der Waals surface area contributed by atoms with Crippen LogP contribution in [-0.2, 0) is 0 Å². The SMILES string of the molecule is COc1cccc(-c2cc(Nc3cc(OC)c(OC)cc3C(=O)O)n(-c3ccccc3C)n2)c1. The van der Waals surface area contributed by atoms with Gasteiger partial charge in [-0.2, -0.15) is 5.10 Å². The van der Waals surface area contributed by atoms with E-state index in [9.17, 15) is 9.90 Å². The number of benzene rings is 3. The van der Waals surface area contributed by atoms with Crippen LogP contribution in [0.15, 0.2) is 66.7 Å². The molecule has 0 spiro atoms. The molecule has 0 amide bonds. The van der Waals surface area contributed by atoms with Gasteiger partial charge in [-0.15, -0.1) is 0 Å². The molecule has 3 aromatic carbocycles. The van der Waals surface area contributed by atoms with Gasteiger partial charge in [-0.05, 0) is 30.7 Å². The lowest BCUT2D eigenvalue weighted by atomic mass is 10.1. The number of aryl methyl sites for hydroxylation is 1. The number of rotatable bonds is 8. The van der Waals surface area contributed by atoms with Crippen LogP contribution in [0.5, 0.6) is 17.2 Å². The number of anilines is 2. The summed E-state index contributed by atoms with van der Waals surface area (Å²) < 4.78 is 17.8. The zero-order chi connectivity index (χ0) is 24.2. The average Bonchev–Trinajstić information content (AvgIpc) is 3.27. The van der Waals surface area contributed by atoms with Gasteiger partial charge >= 0.3 is 5.97 Å². The lowest BCUT2D eigenvalue weighted by Crippen LogP contribution is -2.08. The topological polar surface area (TPSA) is 94.8 Å². The monoisotopic (exact) mass is 459 g/mol. The molecular weight excluding hydrogens is 434 g/mol. The fraction of sp³-hybridized carbons (Fsp3) is 0.154. The number of hydrogen-bond acceptors (Lipinski definition) is 6. The highest BCUT2D eigenvalue weighted by Gasteiger charge is 2.20. The van der Waals surface area contributed by atoms with Gasteiger partial charge in [0.1, 0.15) is 11.6 Å². The number of nitrogens with one attached hydrogen (secondary N) is 1. The first-order valence-electron chi connectivity index (χ1n) is 10.5. The molecule has 0 saturated heterocycles. The van der Waals surface area contributed by atoms with E-state index < -0.39 is 5.97 Å². The number of methoxy groups -OCH3 is 3. The van der Waals surface area contributed by atoms with Crippen molar-refractivity contribution in [2.45, 2.75) is 6.92 Å². The molecule has 0 saturated carbocycles. The highest BCUT2D eigenvalue weighted by atomic mass is 16.5. The molecule has 174 valence electrons. The number of para-hydroxylation sites is 1. The molecule has 8 nitrogen and oxygen atoms in total. The molecule has 34 heavy (non-hydrogen) atoms. The molecule has 2 N–H and O–H groups in total. The highest BCUT2D eigenvalue weighted by molar-refractivity contribution is 5.96. The molecule has 0 aliphatic carbocycles. The van der Waals surface area contributed by atoms with E-state index in [4.69, 9.17) is 19.3 Å². The standard InChI is InChI=1S/C26H25N3O5/c1-16-8-5-6-11-22(16)29-25(15-20(28-29)17-9-7-10-18(12-17)32-2)27-21-14-24(34-4)23(33-3)13-19(21)26(30)31/h5-15,27H,1-4H3,(H,30,31). The minimum Gasteiger partial charge on any atom is -0.497 e. The van der Waals surface area contributed by atoms with Crippen molar-refractivity contribution < 1.29 is 24.1 Å². The van der Waals surface area contributed by atoms with E-state index in [-0.39, 0.29) is 5.56 Å². The minimum atomic E-state index is -1.10. The lowest BCUT2D eigenvalue weighted by Gasteiger charge is -2.16. The maximum absolute atomic E-state index is 12.0. The molecule has 0 fully saturated rings. The highest BCUT2D eigenvalue weighted by Crippen LogP contribution is 2.36. The maximum atomic E-state index is 12.0. The maximum Gasteiger partial charge on any atom is 0.337 e. The number of aromatic carboxylic acids is 1. The van der Waals surface area contributed by atoms with Crippen molar-refractivity contribution in [2.75, 3.05) is 26.6 Å². The number of carboxylic acid groups (broad SMARTS) is 1. The van der Waals surface area contributed by atoms with Crippen molar-refractivity contribution in [3.63, 3.8) is 0 Å². The van der Waals surface area contributed by atoms with Crippen LogP contribution < -0.4 is 19.5 Å². The molecule has 8 heteroatoms. The van der Waals surface area contributed by atoms with Crippen LogP contribution in [0.25, 0.3) is 16.9 Å². The van der Waals surface area contributed by atoms with Gasteiger partial charge < -0.3 is 24.6 Å². The van der Waals surface area contributed by atoms with E-state index in [2.05, 4.69) is 5.32 Å². The summed E-state index contributed by atoms with van der Waals surface area (Å²) in [4.78, 5) is 12.0. The second-order valence-electron chi connectivity index (χ2n) is 7.53. The van der Waals surface area contributed by atoms with Crippen LogP contribution in [0.4, 0.5) is 11.5 Å². The Hall–Kier alpha value is -4.46. The Bertz CT molecular complexity index is 1350. The largest absolute Gasteiger partial charge is 0.497 e. The molecule has 0 aliphatic heterocycles. The van der Waals surface area contributed by atoms with E-state index in [0.29, 0.717) is 34.4 Å². The molecule has 4 rings (SSSR count). The summed E-state index contributed by atoms with van der Waals surface area (Å²) in [5.74, 6) is 0.936. The summed E-state index contributed by atoms with van der Waals surface area (Å²) in [6, 6.07) is 20.3. The molecule has 4 aromatic rings. The molecule has 1 aromatic heterocycles. The Labute approximate surface area is 197 Å². The van der Waals surface area contributed by atoms with Crippen LogP contribution in [0.1, 0.15) is 15.9 Å². The Morgan fingerprint density at radius 2 is 1.65 bits per heavy atom. The van der Waals surface area contributed by atoms with Crippen LogP contribution in [0.3, 0.4) is 0 Å². The second kappa shape index (κ2) is 9.58. The summed E-state index contributed by atoms with van der Waals surface area (Å²) in [5.41, 5.74) is 3.81. The van der Waals surface area contributed by atoms with Crippen molar-refractivity contribution in [3.8, 4) is 34.2 Å². The predicted molar refractivity (Wildman–Crippen MR) is 130 cm³/mol. The van der Waals surface area contributed by atoms with Gasteiger partial charge in [0.2, 0.25) is 0 Å². The summed E-state index contributed by atoms with van der Waals surface area (Å²) in [6.07, 6.45) is 0. The van der Waals surface area contributed by atoms with Crippen LogP contribution in [0, 0.1) is 6.92 Å². The summed E-state index contributed by atoms with van der Waals surface area (Å²) in [6.45, 7) is 1.99. The van der Waals surface area contributed by atoms with E-state index in [1.54, 1.807) is 17.9 Å². The Kier molecular flexibility index (Phi) is 6.40. The first-order chi connectivity index (χ1) is 16.4. The number of carboxylic acids is 1. The number of ether oxygens (including phenoxy) is 3. The fourth-order valence-electron chi connectivity index (χ4n) is 3.68. The average molecular weight is 460 g/mol. The molecule has 0 bridgehead atoms. The van der Waals surface area contributed by atoms with E-state index in [0.717, 1.165) is 16.8 Å². The number of aromatic nitrogens is 2. The smallest absolute Gasteiger partial charge is 0.337 e. The van der Waals surface area contributed by atoms with Gasteiger partial charge in [0, 0.05) is 23.8 Å². The Balaban J connectivity index is 1.88. The molecular formula is C26H25N3O5. The van der Waals surface area contributed by atoms with Crippen LogP contribution >= 0.6 is 0 Å². The van der Waals surface area contributed by atoms with E-state index in [1.165, 1.54) is 20.3 Å². The number of carbonyl (C=O) groups is 1. The second-order valence-corrected chi connectivity index (χ2v) is 7.53. The summed E-state index contributed by atoms with van der Waals surface area (Å²) >= 11 is 0. The molecule has 0 atom stereocenters. The third-order valence-electron chi connectivity index (χ3n) is 5.44. The molecule has 0 aliphatic rings. The quantitative estimate of drug-likeness (QED) is 0.368. The molecule has 0 radical (unpaired) electrons. The predicted octanol–water partition coefficient (Wildman–Crippen LogP) is 5.32. The van der Waals surface area contributed by atoms with E-state index >= 15 is 0 Å². The van der Waals surface area contributed by atoms with E-state index in [1.807, 2.05) is 61.5 Å². The van der Waals surface area contributed by atoms with Gasteiger partial charge in [0.05, 0.1) is 44.0 Å². The number of hydrogen-bond donors (Lipinski definition) is 2. The minimum absolute atomic E-state index is 0.0399. The normalized spacial score (nSPS) is 10.6. The van der Waals surface area contributed by atoms with Gasteiger partial charge in [-0.3, -0.25) is 0 Å². The third-order valence-corrected chi connectivity index (χ3v) is 5.44. The van der Waals surface area contributed by atoms with Crippen molar-refractivity contribution in [1.82, 2.24) is 9.78 Å². The zero-order valence-electron chi connectivity index (χ0n) is 19.3. The van der Waals surface area contributed by atoms with Crippen molar-refractivity contribution >= 4 is 17.5 Å².